The summed E-state index contributed by atoms with van der Waals surface area (Å²) in [6, 6.07) is 1.02. The normalized spacial score (nSPS) is 19.4. The van der Waals surface area contributed by atoms with E-state index in [1.54, 1.807) is 0 Å². The molecule has 1 atom stereocenters. The number of carbonyl (C=O) groups is 1. The van der Waals surface area contributed by atoms with Crippen LogP contribution in [0.2, 0.25) is 0 Å². The molecule has 0 radical (unpaired) electrons. The summed E-state index contributed by atoms with van der Waals surface area (Å²) >= 11 is 0. The van der Waals surface area contributed by atoms with Crippen LogP contribution in [-0.4, -0.2) is 18.5 Å². The first kappa shape index (κ1) is 14.1. The van der Waals surface area contributed by atoms with Crippen LogP contribution in [-0.2, 0) is 4.74 Å². The smallest absolute Gasteiger partial charge is 0.166 e. The summed E-state index contributed by atoms with van der Waals surface area (Å²) in [6.45, 7) is 0.679. The fourth-order valence-corrected chi connectivity index (χ4v) is 2.20. The molecule has 0 amide bonds. The number of benzene rings is 1. The average Bonchev–Trinajstić information content (AvgIpc) is 2.41. The fourth-order valence-electron chi connectivity index (χ4n) is 2.20. The summed E-state index contributed by atoms with van der Waals surface area (Å²) in [7, 11) is 0. The van der Waals surface area contributed by atoms with Gasteiger partial charge in [0.1, 0.15) is 5.82 Å². The lowest BCUT2D eigenvalue weighted by atomic mass is 10.00. The van der Waals surface area contributed by atoms with E-state index in [9.17, 15) is 18.0 Å². The summed E-state index contributed by atoms with van der Waals surface area (Å²) in [4.78, 5) is 11.8. The van der Waals surface area contributed by atoms with Gasteiger partial charge in [-0.25, -0.2) is 13.2 Å². The van der Waals surface area contributed by atoms with Gasteiger partial charge in [0, 0.05) is 19.1 Å². The Morgan fingerprint density at radius 1 is 1.16 bits per heavy atom. The third-order valence-corrected chi connectivity index (χ3v) is 3.28. The first-order valence-electron chi connectivity index (χ1n) is 6.37. The molecule has 1 aromatic carbocycles. The van der Waals surface area contributed by atoms with Crippen molar-refractivity contribution in [3.05, 3.63) is 35.1 Å². The van der Waals surface area contributed by atoms with E-state index in [1.807, 2.05) is 0 Å². The second-order valence-electron chi connectivity index (χ2n) is 4.70. The van der Waals surface area contributed by atoms with Crippen molar-refractivity contribution >= 4 is 5.78 Å². The van der Waals surface area contributed by atoms with Gasteiger partial charge in [0.05, 0.1) is 11.7 Å². The molecule has 1 saturated heterocycles. The van der Waals surface area contributed by atoms with Crippen LogP contribution in [0.25, 0.3) is 0 Å². The molecule has 1 aliphatic heterocycles. The largest absolute Gasteiger partial charge is 0.378 e. The molecule has 0 spiro atoms. The lowest BCUT2D eigenvalue weighted by Crippen LogP contribution is -2.20. The molecule has 1 fully saturated rings. The van der Waals surface area contributed by atoms with Crippen LogP contribution in [0, 0.1) is 17.5 Å². The number of ketones is 1. The lowest BCUT2D eigenvalue weighted by molar-refractivity contribution is 0.0104. The van der Waals surface area contributed by atoms with Crippen LogP contribution >= 0.6 is 0 Å². The topological polar surface area (TPSA) is 26.3 Å². The molecule has 0 bridgehead atoms. The molecular formula is C14H15F3O2. The van der Waals surface area contributed by atoms with E-state index in [4.69, 9.17) is 4.74 Å². The highest BCUT2D eigenvalue weighted by Gasteiger charge is 2.19. The Balaban J connectivity index is 1.97. The van der Waals surface area contributed by atoms with Crippen LogP contribution in [0.3, 0.4) is 0 Å². The summed E-state index contributed by atoms with van der Waals surface area (Å²) in [5, 5.41) is 0. The molecule has 2 nitrogen and oxygen atoms in total. The van der Waals surface area contributed by atoms with E-state index in [0.29, 0.717) is 25.2 Å². The maximum absolute atomic E-state index is 13.4. The monoisotopic (exact) mass is 272 g/mol. The van der Waals surface area contributed by atoms with Crippen molar-refractivity contribution in [3.8, 4) is 0 Å². The number of ether oxygens (including phenoxy) is 1. The van der Waals surface area contributed by atoms with Gasteiger partial charge in [-0.05, 0) is 31.7 Å². The molecule has 1 aliphatic rings. The Morgan fingerprint density at radius 2 is 1.89 bits per heavy atom. The Bertz CT molecular complexity index is 468. The summed E-state index contributed by atoms with van der Waals surface area (Å²) in [5.74, 6) is -4.04. The lowest BCUT2D eigenvalue weighted by Gasteiger charge is -2.22. The minimum absolute atomic E-state index is 0.00561. The van der Waals surface area contributed by atoms with E-state index < -0.39 is 28.8 Å². The molecule has 1 unspecified atom stereocenters. The van der Waals surface area contributed by atoms with Crippen molar-refractivity contribution < 1.29 is 22.7 Å². The summed E-state index contributed by atoms with van der Waals surface area (Å²) < 4.78 is 44.6. The molecule has 104 valence electrons. The molecule has 0 saturated carbocycles. The number of rotatable bonds is 4. The van der Waals surface area contributed by atoms with Crippen molar-refractivity contribution in [2.24, 2.45) is 0 Å². The third-order valence-electron chi connectivity index (χ3n) is 3.28. The van der Waals surface area contributed by atoms with Crippen molar-refractivity contribution in [1.29, 1.82) is 0 Å². The molecule has 5 heteroatoms. The Hall–Kier alpha value is -1.36. The van der Waals surface area contributed by atoms with E-state index in [1.165, 1.54) is 0 Å². The summed E-state index contributed by atoms with van der Waals surface area (Å²) in [5.41, 5.74) is -0.394. The molecule has 0 aliphatic carbocycles. The number of Topliss-reactive ketones (excluding diaryl/α,β-unsaturated/α-hetero) is 1. The fraction of sp³-hybridized carbons (Fsp3) is 0.500. The molecule has 1 aromatic rings. The predicted octanol–water partition coefficient (Wildman–Crippen LogP) is 3.64. The number of halogens is 3. The quantitative estimate of drug-likeness (QED) is 0.618. The Kier molecular flexibility index (Phi) is 4.58. The molecule has 2 rings (SSSR count). The van der Waals surface area contributed by atoms with Gasteiger partial charge >= 0.3 is 0 Å². The van der Waals surface area contributed by atoms with Gasteiger partial charge in [0.2, 0.25) is 0 Å². The number of hydrogen-bond donors (Lipinski definition) is 0. The van der Waals surface area contributed by atoms with Crippen LogP contribution < -0.4 is 0 Å². The second-order valence-corrected chi connectivity index (χ2v) is 4.70. The average molecular weight is 272 g/mol. The zero-order chi connectivity index (χ0) is 13.8. The van der Waals surface area contributed by atoms with Gasteiger partial charge in [-0.3, -0.25) is 4.79 Å². The maximum Gasteiger partial charge on any atom is 0.166 e. The zero-order valence-corrected chi connectivity index (χ0v) is 10.4. The molecule has 0 aromatic heterocycles. The number of carbonyl (C=O) groups excluding carboxylic acids is 1. The SMILES string of the molecule is O=C(CCC1CCCCO1)c1cc(F)c(F)cc1F. The van der Waals surface area contributed by atoms with Crippen LogP contribution in [0.4, 0.5) is 13.2 Å². The maximum atomic E-state index is 13.4. The zero-order valence-electron chi connectivity index (χ0n) is 10.4. The van der Waals surface area contributed by atoms with Gasteiger partial charge < -0.3 is 4.74 Å². The van der Waals surface area contributed by atoms with Crippen LogP contribution in [0.5, 0.6) is 0 Å². The molecule has 0 N–H and O–H groups in total. The van der Waals surface area contributed by atoms with Crippen molar-refractivity contribution in [3.63, 3.8) is 0 Å². The molecule has 19 heavy (non-hydrogen) atoms. The first-order valence-corrected chi connectivity index (χ1v) is 6.37. The first-order chi connectivity index (χ1) is 9.08. The summed E-state index contributed by atoms with van der Waals surface area (Å²) in [6.07, 6.45) is 3.52. The van der Waals surface area contributed by atoms with Gasteiger partial charge in [0.25, 0.3) is 0 Å². The standard InChI is InChI=1S/C14H15F3O2/c15-11-8-13(17)12(16)7-10(11)14(18)5-4-9-3-1-2-6-19-9/h7-9H,1-6H2. The van der Waals surface area contributed by atoms with E-state index in [-0.39, 0.29) is 12.5 Å². The van der Waals surface area contributed by atoms with Gasteiger partial charge in [-0.15, -0.1) is 0 Å². The number of hydrogen-bond acceptors (Lipinski definition) is 2. The van der Waals surface area contributed by atoms with Crippen molar-refractivity contribution in [1.82, 2.24) is 0 Å². The van der Waals surface area contributed by atoms with Crippen molar-refractivity contribution in [2.45, 2.75) is 38.2 Å². The Morgan fingerprint density at radius 3 is 2.58 bits per heavy atom. The van der Waals surface area contributed by atoms with Gasteiger partial charge in [0.15, 0.2) is 17.4 Å². The third kappa shape index (κ3) is 3.56. The minimum Gasteiger partial charge on any atom is -0.378 e. The highest BCUT2D eigenvalue weighted by molar-refractivity contribution is 5.96. The highest BCUT2D eigenvalue weighted by atomic mass is 19.2. The highest BCUT2D eigenvalue weighted by Crippen LogP contribution is 2.20. The Labute approximate surface area is 109 Å². The molecule has 1 heterocycles. The van der Waals surface area contributed by atoms with E-state index >= 15 is 0 Å². The van der Waals surface area contributed by atoms with Crippen LogP contribution in [0.1, 0.15) is 42.5 Å². The van der Waals surface area contributed by atoms with E-state index in [2.05, 4.69) is 0 Å². The second kappa shape index (κ2) is 6.19. The van der Waals surface area contributed by atoms with Crippen molar-refractivity contribution in [2.75, 3.05) is 6.61 Å². The molecular weight excluding hydrogens is 257 g/mol. The van der Waals surface area contributed by atoms with E-state index in [0.717, 1.165) is 19.3 Å². The van der Waals surface area contributed by atoms with Crippen LogP contribution in [0.15, 0.2) is 12.1 Å². The van der Waals surface area contributed by atoms with Gasteiger partial charge in [-0.1, -0.05) is 0 Å². The predicted molar refractivity (Wildman–Crippen MR) is 63.5 cm³/mol. The minimum atomic E-state index is -1.29. The van der Waals surface area contributed by atoms with Gasteiger partial charge in [-0.2, -0.15) is 0 Å².